The average Bonchev–Trinajstić information content (AvgIpc) is 3.15. The van der Waals surface area contributed by atoms with Crippen molar-refractivity contribution in [3.63, 3.8) is 0 Å². The zero-order valence-corrected chi connectivity index (χ0v) is 17.7. The van der Waals surface area contributed by atoms with E-state index in [-0.39, 0.29) is 27.4 Å². The first-order valence-corrected chi connectivity index (χ1v) is 10.9. The maximum absolute atomic E-state index is 13.7. The first-order chi connectivity index (χ1) is 15.5. The number of carbonyl (C=O) groups excluding carboxylic acids is 1. The van der Waals surface area contributed by atoms with Crippen LogP contribution in [0.25, 0.3) is 16.8 Å². The minimum Gasteiger partial charge on any atom is -0.342 e. The molecule has 33 heavy (non-hydrogen) atoms. The molecule has 0 aliphatic heterocycles. The number of carbonyl (C=O) groups is 1. The molecule has 4 aromatic rings. The van der Waals surface area contributed by atoms with E-state index in [1.165, 1.54) is 55.5 Å². The van der Waals surface area contributed by atoms with Gasteiger partial charge in [0, 0.05) is 5.69 Å². The molecule has 0 saturated heterocycles. The van der Waals surface area contributed by atoms with Crippen LogP contribution in [0.2, 0.25) is 0 Å². The highest BCUT2D eigenvalue weighted by molar-refractivity contribution is 7.90. The minimum absolute atomic E-state index is 0.126. The molecule has 1 amide bonds. The summed E-state index contributed by atoms with van der Waals surface area (Å²) in [5.41, 5.74) is -3.83. The van der Waals surface area contributed by atoms with Crippen LogP contribution in [-0.4, -0.2) is 28.9 Å². The smallest absolute Gasteiger partial charge is 0.342 e. The summed E-state index contributed by atoms with van der Waals surface area (Å²) in [7, 11) is -4.33. The molecule has 2 heterocycles. The van der Waals surface area contributed by atoms with Gasteiger partial charge in [-0.05, 0) is 24.6 Å². The van der Waals surface area contributed by atoms with Crippen molar-refractivity contribution in [3.8, 4) is 11.1 Å². The molecule has 0 atom stereocenters. The molecule has 2 aromatic heterocycles. The largest absolute Gasteiger partial charge is 0.435 e. The van der Waals surface area contributed by atoms with Crippen LogP contribution in [0.3, 0.4) is 0 Å². The van der Waals surface area contributed by atoms with E-state index in [4.69, 9.17) is 0 Å². The number of sulfonamides is 1. The zero-order valence-electron chi connectivity index (χ0n) is 16.8. The van der Waals surface area contributed by atoms with Crippen LogP contribution >= 0.6 is 0 Å². The molecule has 0 aliphatic rings. The van der Waals surface area contributed by atoms with Gasteiger partial charge in [0.15, 0.2) is 5.69 Å². The highest BCUT2D eigenvalue weighted by Crippen LogP contribution is 2.38. The number of H-pyrrole nitrogens is 1. The second-order valence-electron chi connectivity index (χ2n) is 7.03. The van der Waals surface area contributed by atoms with Gasteiger partial charge in [0.1, 0.15) is 11.2 Å². The zero-order chi connectivity index (χ0) is 24.0. The Balaban J connectivity index is 1.89. The molecule has 0 unspecified atom stereocenters. The number of rotatable bonds is 4. The average molecular weight is 476 g/mol. The summed E-state index contributed by atoms with van der Waals surface area (Å²) < 4.78 is 68.3. The molecule has 0 radical (unpaired) electrons. The monoisotopic (exact) mass is 476 g/mol. The summed E-state index contributed by atoms with van der Waals surface area (Å²) in [6.45, 7) is 1.28. The first-order valence-electron chi connectivity index (χ1n) is 9.41. The molecule has 170 valence electrons. The van der Waals surface area contributed by atoms with Gasteiger partial charge in [-0.1, -0.05) is 48.5 Å². The Morgan fingerprint density at radius 2 is 1.61 bits per heavy atom. The van der Waals surface area contributed by atoms with Crippen molar-refractivity contribution >= 4 is 21.6 Å². The van der Waals surface area contributed by atoms with Crippen LogP contribution < -0.4 is 10.3 Å². The minimum atomic E-state index is -4.90. The second kappa shape index (κ2) is 7.89. The maximum atomic E-state index is 13.7. The molecule has 4 rings (SSSR count). The standard InChI is InChI=1S/C21H15F3N4O4S/c1-12-15(19(29)27-33(31,32)14-10-6-3-7-11-14)20(30)28-18(25-12)16(13-8-4-2-5-9-13)17(26-28)21(22,23)24/h2-11,25H,1H3,(H,27,29). The first kappa shape index (κ1) is 22.3. The van der Waals surface area contributed by atoms with E-state index in [0.717, 1.165) is 0 Å². The number of aryl methyl sites for hydroxylation is 1. The summed E-state index contributed by atoms with van der Waals surface area (Å²) in [6, 6.07) is 14.5. The fraction of sp³-hybridized carbons (Fsp3) is 0.0952. The molecule has 0 bridgehead atoms. The number of nitrogens with zero attached hydrogens (tertiary/aromatic N) is 2. The van der Waals surface area contributed by atoms with Gasteiger partial charge >= 0.3 is 6.18 Å². The van der Waals surface area contributed by atoms with Crippen LogP contribution in [0.5, 0.6) is 0 Å². The Bertz CT molecular complexity index is 1530. The predicted molar refractivity (Wildman–Crippen MR) is 112 cm³/mol. The van der Waals surface area contributed by atoms with Crippen LogP contribution in [0.4, 0.5) is 13.2 Å². The summed E-state index contributed by atoms with van der Waals surface area (Å²) in [5, 5.41) is 3.42. The number of nitrogens with one attached hydrogen (secondary N) is 2. The molecular formula is C21H15F3N4O4S. The number of alkyl halides is 3. The third-order valence-corrected chi connectivity index (χ3v) is 6.16. The molecular weight excluding hydrogens is 461 g/mol. The number of benzene rings is 2. The van der Waals surface area contributed by atoms with Crippen molar-refractivity contribution in [1.29, 1.82) is 0 Å². The number of fused-ring (bicyclic) bond motifs is 1. The van der Waals surface area contributed by atoms with E-state index in [2.05, 4.69) is 10.1 Å². The van der Waals surface area contributed by atoms with Gasteiger partial charge in [-0.2, -0.15) is 22.8 Å². The molecule has 2 N–H and O–H groups in total. The number of halogens is 3. The lowest BCUT2D eigenvalue weighted by Crippen LogP contribution is -2.36. The van der Waals surface area contributed by atoms with E-state index >= 15 is 0 Å². The Kier molecular flexibility index (Phi) is 5.32. The fourth-order valence-corrected chi connectivity index (χ4v) is 4.34. The lowest BCUT2D eigenvalue weighted by Gasteiger charge is -2.09. The van der Waals surface area contributed by atoms with Crippen molar-refractivity contribution in [3.05, 3.63) is 88.0 Å². The third-order valence-electron chi connectivity index (χ3n) is 4.81. The lowest BCUT2D eigenvalue weighted by atomic mass is 10.1. The molecule has 0 spiro atoms. The van der Waals surface area contributed by atoms with Gasteiger partial charge < -0.3 is 4.98 Å². The molecule has 0 saturated carbocycles. The van der Waals surface area contributed by atoms with Crippen molar-refractivity contribution < 1.29 is 26.4 Å². The van der Waals surface area contributed by atoms with Crippen LogP contribution in [-0.2, 0) is 16.2 Å². The van der Waals surface area contributed by atoms with Gasteiger partial charge in [0.2, 0.25) is 0 Å². The number of aromatic nitrogens is 3. The molecule has 12 heteroatoms. The Morgan fingerprint density at radius 3 is 2.18 bits per heavy atom. The van der Waals surface area contributed by atoms with E-state index in [1.807, 2.05) is 0 Å². The Morgan fingerprint density at radius 1 is 1.03 bits per heavy atom. The van der Waals surface area contributed by atoms with Gasteiger partial charge in [-0.15, -0.1) is 0 Å². The van der Waals surface area contributed by atoms with Crippen molar-refractivity contribution in [1.82, 2.24) is 19.3 Å². The SMILES string of the molecule is Cc1[nH]c2c(-c3ccccc3)c(C(F)(F)F)nn2c(=O)c1C(=O)NS(=O)(=O)c1ccccc1. The van der Waals surface area contributed by atoms with E-state index in [9.17, 15) is 31.2 Å². The predicted octanol–water partition coefficient (Wildman–Crippen LogP) is 3.14. The number of amides is 1. The Labute approximate surface area is 184 Å². The van der Waals surface area contributed by atoms with Crippen LogP contribution in [0.1, 0.15) is 21.7 Å². The van der Waals surface area contributed by atoms with Crippen LogP contribution in [0, 0.1) is 6.92 Å². The van der Waals surface area contributed by atoms with Gasteiger partial charge in [0.25, 0.3) is 21.5 Å². The fourth-order valence-electron chi connectivity index (χ4n) is 3.36. The van der Waals surface area contributed by atoms with Crippen molar-refractivity contribution in [2.75, 3.05) is 0 Å². The number of aromatic amines is 1. The topological polar surface area (TPSA) is 113 Å². The summed E-state index contributed by atoms with van der Waals surface area (Å²) in [6.07, 6.45) is -4.90. The molecule has 8 nitrogen and oxygen atoms in total. The van der Waals surface area contributed by atoms with Gasteiger partial charge in [-0.25, -0.2) is 13.1 Å². The highest BCUT2D eigenvalue weighted by Gasteiger charge is 2.39. The summed E-state index contributed by atoms with van der Waals surface area (Å²) >= 11 is 0. The third kappa shape index (κ3) is 4.00. The maximum Gasteiger partial charge on any atom is 0.435 e. The quantitative estimate of drug-likeness (QED) is 0.470. The van der Waals surface area contributed by atoms with Crippen molar-refractivity contribution in [2.24, 2.45) is 0 Å². The summed E-state index contributed by atoms with van der Waals surface area (Å²) in [5.74, 6) is -1.30. The lowest BCUT2D eigenvalue weighted by molar-refractivity contribution is -0.140. The van der Waals surface area contributed by atoms with Crippen molar-refractivity contribution in [2.45, 2.75) is 18.0 Å². The van der Waals surface area contributed by atoms with E-state index in [1.54, 1.807) is 16.9 Å². The molecule has 2 aromatic carbocycles. The highest BCUT2D eigenvalue weighted by atomic mass is 32.2. The van der Waals surface area contributed by atoms with E-state index < -0.39 is 38.9 Å². The van der Waals surface area contributed by atoms with Gasteiger partial charge in [-0.3, -0.25) is 9.59 Å². The number of hydrogen-bond donors (Lipinski definition) is 2. The molecule has 0 fully saturated rings. The van der Waals surface area contributed by atoms with Crippen LogP contribution in [0.15, 0.2) is 70.4 Å². The Hall–Kier alpha value is -3.93. The number of hydrogen-bond acceptors (Lipinski definition) is 5. The van der Waals surface area contributed by atoms with Gasteiger partial charge in [0.05, 0.1) is 10.5 Å². The second-order valence-corrected chi connectivity index (χ2v) is 8.71. The van der Waals surface area contributed by atoms with E-state index in [0.29, 0.717) is 4.52 Å². The normalized spacial score (nSPS) is 12.1. The summed E-state index contributed by atoms with van der Waals surface area (Å²) in [4.78, 5) is 28.1. The molecule has 0 aliphatic carbocycles.